The van der Waals surface area contributed by atoms with E-state index in [1.807, 2.05) is 6.92 Å². The van der Waals surface area contributed by atoms with Gasteiger partial charge in [0.15, 0.2) is 0 Å². The topological polar surface area (TPSA) is 35.5 Å². The second-order valence-corrected chi connectivity index (χ2v) is 3.03. The van der Waals surface area contributed by atoms with Crippen molar-refractivity contribution in [3.63, 3.8) is 0 Å². The van der Waals surface area contributed by atoms with E-state index in [2.05, 4.69) is 11.7 Å². The van der Waals surface area contributed by atoms with Crippen molar-refractivity contribution in [2.45, 2.75) is 32.8 Å². The molecule has 0 aromatic carbocycles. The van der Waals surface area contributed by atoms with E-state index in [1.54, 1.807) is 7.11 Å². The van der Waals surface area contributed by atoms with Gasteiger partial charge < -0.3 is 9.47 Å². The van der Waals surface area contributed by atoms with Crippen LogP contribution in [0.1, 0.15) is 26.7 Å². The van der Waals surface area contributed by atoms with Gasteiger partial charge in [-0.3, -0.25) is 4.79 Å². The Bertz CT molecular complexity index is 134. The van der Waals surface area contributed by atoms with Crippen LogP contribution < -0.4 is 0 Å². The average molecular weight is 174 g/mol. The Morgan fingerprint density at radius 3 is 2.33 bits per heavy atom. The third kappa shape index (κ3) is 4.34. The molecular formula is C9H18O3. The molecule has 0 amide bonds. The minimum atomic E-state index is -0.148. The molecule has 2 unspecified atom stereocenters. The van der Waals surface area contributed by atoms with Crippen LogP contribution in [-0.4, -0.2) is 26.3 Å². The number of esters is 1. The third-order valence-electron chi connectivity index (χ3n) is 2.20. The zero-order valence-electron chi connectivity index (χ0n) is 8.29. The minimum Gasteiger partial charge on any atom is -0.469 e. The molecule has 0 aromatic heterocycles. The van der Waals surface area contributed by atoms with Gasteiger partial charge in [-0.1, -0.05) is 6.92 Å². The Balaban J connectivity index is 3.56. The fourth-order valence-corrected chi connectivity index (χ4v) is 0.915. The van der Waals surface area contributed by atoms with E-state index < -0.39 is 0 Å². The fourth-order valence-electron chi connectivity index (χ4n) is 0.915. The van der Waals surface area contributed by atoms with Gasteiger partial charge in [0.25, 0.3) is 0 Å². The molecule has 2 atom stereocenters. The molecule has 0 radical (unpaired) electrons. The largest absolute Gasteiger partial charge is 0.469 e. The first kappa shape index (κ1) is 11.4. The maximum atomic E-state index is 10.8. The SMILES string of the molecule is COC(=O)CCC(C)C(C)OC. The highest BCUT2D eigenvalue weighted by molar-refractivity contribution is 5.69. The van der Waals surface area contributed by atoms with Gasteiger partial charge in [0.2, 0.25) is 0 Å². The number of rotatable bonds is 5. The third-order valence-corrected chi connectivity index (χ3v) is 2.20. The second kappa shape index (κ2) is 6.00. The standard InChI is InChI=1S/C9H18O3/c1-7(8(2)11-3)5-6-9(10)12-4/h7-8H,5-6H2,1-4H3. The number of methoxy groups -OCH3 is 2. The molecule has 0 saturated carbocycles. The Hall–Kier alpha value is -0.570. The predicted octanol–water partition coefficient (Wildman–Crippen LogP) is 1.61. The summed E-state index contributed by atoms with van der Waals surface area (Å²) in [7, 11) is 3.09. The van der Waals surface area contributed by atoms with Crippen molar-refractivity contribution < 1.29 is 14.3 Å². The van der Waals surface area contributed by atoms with Crippen molar-refractivity contribution >= 4 is 5.97 Å². The molecular weight excluding hydrogens is 156 g/mol. The second-order valence-electron chi connectivity index (χ2n) is 3.03. The number of hydrogen-bond donors (Lipinski definition) is 0. The molecule has 0 aromatic rings. The number of ether oxygens (including phenoxy) is 2. The lowest BCUT2D eigenvalue weighted by Gasteiger charge is -2.17. The smallest absolute Gasteiger partial charge is 0.305 e. The number of carbonyl (C=O) groups is 1. The van der Waals surface area contributed by atoms with E-state index in [0.29, 0.717) is 12.3 Å². The van der Waals surface area contributed by atoms with Gasteiger partial charge >= 0.3 is 5.97 Å². The molecule has 0 bridgehead atoms. The summed E-state index contributed by atoms with van der Waals surface area (Å²) in [4.78, 5) is 10.8. The Morgan fingerprint density at radius 1 is 1.33 bits per heavy atom. The van der Waals surface area contributed by atoms with E-state index in [-0.39, 0.29) is 12.1 Å². The van der Waals surface area contributed by atoms with E-state index in [1.165, 1.54) is 7.11 Å². The molecule has 72 valence electrons. The Kier molecular flexibility index (Phi) is 5.72. The molecule has 3 nitrogen and oxygen atoms in total. The van der Waals surface area contributed by atoms with Crippen molar-refractivity contribution in [1.29, 1.82) is 0 Å². The molecule has 0 aliphatic carbocycles. The summed E-state index contributed by atoms with van der Waals surface area (Å²) in [5, 5.41) is 0. The van der Waals surface area contributed by atoms with Gasteiger partial charge in [-0.2, -0.15) is 0 Å². The van der Waals surface area contributed by atoms with Crippen LogP contribution in [0, 0.1) is 5.92 Å². The van der Waals surface area contributed by atoms with Crippen molar-refractivity contribution in [3.05, 3.63) is 0 Å². The van der Waals surface area contributed by atoms with Crippen LogP contribution in [0.2, 0.25) is 0 Å². The summed E-state index contributed by atoms with van der Waals surface area (Å²) >= 11 is 0. The molecule has 0 spiro atoms. The summed E-state index contributed by atoms with van der Waals surface area (Å²) in [6, 6.07) is 0. The zero-order chi connectivity index (χ0) is 9.56. The highest BCUT2D eigenvalue weighted by Crippen LogP contribution is 2.12. The van der Waals surface area contributed by atoms with Crippen LogP contribution in [0.25, 0.3) is 0 Å². The van der Waals surface area contributed by atoms with E-state index in [4.69, 9.17) is 4.74 Å². The Labute approximate surface area is 74.0 Å². The molecule has 0 saturated heterocycles. The molecule has 0 rings (SSSR count). The molecule has 12 heavy (non-hydrogen) atoms. The maximum Gasteiger partial charge on any atom is 0.305 e. The number of hydrogen-bond acceptors (Lipinski definition) is 3. The normalized spacial score (nSPS) is 15.3. The lowest BCUT2D eigenvalue weighted by Crippen LogP contribution is -2.17. The predicted molar refractivity (Wildman–Crippen MR) is 46.9 cm³/mol. The van der Waals surface area contributed by atoms with Crippen molar-refractivity contribution in [2.75, 3.05) is 14.2 Å². The highest BCUT2D eigenvalue weighted by atomic mass is 16.5. The summed E-state index contributed by atoms with van der Waals surface area (Å²) in [6.45, 7) is 4.07. The van der Waals surface area contributed by atoms with Crippen molar-refractivity contribution in [2.24, 2.45) is 5.92 Å². The van der Waals surface area contributed by atoms with Gasteiger partial charge in [-0.15, -0.1) is 0 Å². The molecule has 0 aliphatic rings. The van der Waals surface area contributed by atoms with Gasteiger partial charge in [0.1, 0.15) is 0 Å². The molecule has 0 heterocycles. The first-order valence-electron chi connectivity index (χ1n) is 4.21. The first-order chi connectivity index (χ1) is 5.61. The quantitative estimate of drug-likeness (QED) is 0.594. The molecule has 0 N–H and O–H groups in total. The molecule has 0 fully saturated rings. The van der Waals surface area contributed by atoms with E-state index in [9.17, 15) is 4.79 Å². The number of carbonyl (C=O) groups excluding carboxylic acids is 1. The first-order valence-corrected chi connectivity index (χ1v) is 4.21. The monoisotopic (exact) mass is 174 g/mol. The van der Waals surface area contributed by atoms with Crippen LogP contribution in [0.5, 0.6) is 0 Å². The van der Waals surface area contributed by atoms with E-state index >= 15 is 0 Å². The van der Waals surface area contributed by atoms with Crippen LogP contribution in [0.4, 0.5) is 0 Å². The lowest BCUT2D eigenvalue weighted by atomic mass is 10.0. The summed E-state index contributed by atoms with van der Waals surface area (Å²) < 4.78 is 9.66. The van der Waals surface area contributed by atoms with E-state index in [0.717, 1.165) is 6.42 Å². The van der Waals surface area contributed by atoms with Crippen LogP contribution in [0.15, 0.2) is 0 Å². The van der Waals surface area contributed by atoms with Gasteiger partial charge in [-0.25, -0.2) is 0 Å². The van der Waals surface area contributed by atoms with Gasteiger partial charge in [0, 0.05) is 13.5 Å². The molecule has 0 aliphatic heterocycles. The molecule has 3 heteroatoms. The van der Waals surface area contributed by atoms with Crippen molar-refractivity contribution in [3.8, 4) is 0 Å². The van der Waals surface area contributed by atoms with Crippen LogP contribution >= 0.6 is 0 Å². The fraction of sp³-hybridized carbons (Fsp3) is 0.889. The van der Waals surface area contributed by atoms with Crippen LogP contribution in [-0.2, 0) is 14.3 Å². The minimum absolute atomic E-state index is 0.148. The van der Waals surface area contributed by atoms with Gasteiger partial charge in [-0.05, 0) is 19.3 Å². The van der Waals surface area contributed by atoms with Gasteiger partial charge in [0.05, 0.1) is 13.2 Å². The Morgan fingerprint density at radius 2 is 1.92 bits per heavy atom. The zero-order valence-corrected chi connectivity index (χ0v) is 8.29. The summed E-state index contributed by atoms with van der Waals surface area (Å²) in [5.41, 5.74) is 0. The average Bonchev–Trinajstić information content (AvgIpc) is 2.11. The lowest BCUT2D eigenvalue weighted by molar-refractivity contribution is -0.141. The van der Waals surface area contributed by atoms with Crippen molar-refractivity contribution in [1.82, 2.24) is 0 Å². The summed E-state index contributed by atoms with van der Waals surface area (Å²) in [6.07, 6.45) is 1.50. The van der Waals surface area contributed by atoms with Crippen LogP contribution in [0.3, 0.4) is 0 Å². The summed E-state index contributed by atoms with van der Waals surface area (Å²) in [5.74, 6) is 0.249. The highest BCUT2D eigenvalue weighted by Gasteiger charge is 2.12. The maximum absolute atomic E-state index is 10.8.